The molecule has 0 radical (unpaired) electrons. The molecule has 0 bridgehead atoms. The highest BCUT2D eigenvalue weighted by atomic mass is 16.2. The van der Waals surface area contributed by atoms with Gasteiger partial charge in [0.15, 0.2) is 0 Å². The lowest BCUT2D eigenvalue weighted by molar-refractivity contribution is -0.136. The van der Waals surface area contributed by atoms with Gasteiger partial charge < -0.3 is 10.6 Å². The van der Waals surface area contributed by atoms with E-state index in [1.165, 1.54) is 0 Å². The van der Waals surface area contributed by atoms with Crippen LogP contribution in [-0.2, 0) is 9.59 Å². The largest absolute Gasteiger partial charge is 0.341 e. The van der Waals surface area contributed by atoms with Crippen LogP contribution in [0.3, 0.4) is 0 Å². The molecule has 0 saturated carbocycles. The predicted molar refractivity (Wildman–Crippen MR) is 95.6 cm³/mol. The van der Waals surface area contributed by atoms with Crippen molar-refractivity contribution in [2.75, 3.05) is 5.32 Å². The zero-order valence-electron chi connectivity index (χ0n) is 13.3. The second kappa shape index (κ2) is 6.96. The van der Waals surface area contributed by atoms with Crippen LogP contribution < -0.4 is 10.6 Å². The molecular formula is C20H18N2O2. The van der Waals surface area contributed by atoms with Gasteiger partial charge in [-0.1, -0.05) is 66.7 Å². The molecule has 1 atom stereocenters. The van der Waals surface area contributed by atoms with Gasteiger partial charge in [-0.15, -0.1) is 0 Å². The fraction of sp³-hybridized carbons (Fsp3) is 0.100. The number of rotatable bonds is 3. The topological polar surface area (TPSA) is 58.2 Å². The molecule has 0 aliphatic carbocycles. The quantitative estimate of drug-likeness (QED) is 0.724. The predicted octanol–water partition coefficient (Wildman–Crippen LogP) is 3.66. The van der Waals surface area contributed by atoms with Crippen LogP contribution in [0.5, 0.6) is 0 Å². The summed E-state index contributed by atoms with van der Waals surface area (Å²) in [7, 11) is 0. The van der Waals surface area contributed by atoms with E-state index in [1.54, 1.807) is 6.07 Å². The minimum atomic E-state index is -0.672. The second-order valence-corrected chi connectivity index (χ2v) is 5.59. The van der Waals surface area contributed by atoms with Crippen LogP contribution in [0.1, 0.15) is 18.5 Å². The number of fused-ring (bicyclic) bond motifs is 1. The average Bonchev–Trinajstić information content (AvgIpc) is 2.62. The Balaban J connectivity index is 1.71. The normalized spacial score (nSPS) is 11.7. The van der Waals surface area contributed by atoms with E-state index in [1.807, 2.05) is 73.7 Å². The minimum absolute atomic E-state index is 0.239. The molecule has 24 heavy (non-hydrogen) atoms. The molecule has 3 rings (SSSR count). The van der Waals surface area contributed by atoms with E-state index in [4.69, 9.17) is 0 Å². The minimum Gasteiger partial charge on any atom is -0.341 e. The third-order valence-corrected chi connectivity index (χ3v) is 3.89. The molecule has 2 amide bonds. The summed E-state index contributed by atoms with van der Waals surface area (Å²) >= 11 is 0. The first-order valence-corrected chi connectivity index (χ1v) is 7.79. The van der Waals surface area contributed by atoms with Gasteiger partial charge in [-0.25, -0.2) is 0 Å². The van der Waals surface area contributed by atoms with Crippen LogP contribution in [0.15, 0.2) is 72.8 Å². The number of hydrogen-bond donors (Lipinski definition) is 2. The third-order valence-electron chi connectivity index (χ3n) is 3.89. The lowest BCUT2D eigenvalue weighted by atomic mass is 10.1. The number of benzene rings is 3. The monoisotopic (exact) mass is 318 g/mol. The lowest BCUT2D eigenvalue weighted by Crippen LogP contribution is -2.36. The molecule has 0 aliphatic rings. The molecule has 120 valence electrons. The maximum Gasteiger partial charge on any atom is 0.313 e. The molecule has 4 nitrogen and oxygen atoms in total. The molecule has 0 aliphatic heterocycles. The standard InChI is InChI=1S/C20H18N2O2/c1-14(15-8-3-2-4-9-15)21-19(23)20(24)22-18-13-7-11-16-10-5-6-12-17(16)18/h2-14H,1H3,(H,21,23)(H,22,24)/t14-/m0/s1. The van der Waals surface area contributed by atoms with E-state index < -0.39 is 11.8 Å². The molecule has 0 aromatic heterocycles. The van der Waals surface area contributed by atoms with Crippen LogP contribution in [0.2, 0.25) is 0 Å². The van der Waals surface area contributed by atoms with Crippen LogP contribution in [0, 0.1) is 0 Å². The van der Waals surface area contributed by atoms with E-state index >= 15 is 0 Å². The molecule has 3 aromatic rings. The van der Waals surface area contributed by atoms with Crippen molar-refractivity contribution in [3.63, 3.8) is 0 Å². The van der Waals surface area contributed by atoms with Gasteiger partial charge in [-0.3, -0.25) is 9.59 Å². The molecule has 3 aromatic carbocycles. The molecule has 2 N–H and O–H groups in total. The second-order valence-electron chi connectivity index (χ2n) is 5.59. The Morgan fingerprint density at radius 2 is 1.46 bits per heavy atom. The Morgan fingerprint density at radius 1 is 0.792 bits per heavy atom. The Labute approximate surface area is 140 Å². The van der Waals surface area contributed by atoms with E-state index in [0.717, 1.165) is 16.3 Å². The third kappa shape index (κ3) is 3.43. The van der Waals surface area contributed by atoms with Crippen molar-refractivity contribution in [1.82, 2.24) is 5.32 Å². The highest BCUT2D eigenvalue weighted by molar-refractivity contribution is 6.40. The van der Waals surface area contributed by atoms with Crippen LogP contribution >= 0.6 is 0 Å². The summed E-state index contributed by atoms with van der Waals surface area (Å²) in [6.07, 6.45) is 0. The SMILES string of the molecule is C[C@H](NC(=O)C(=O)Nc1cccc2ccccc12)c1ccccc1. The highest BCUT2D eigenvalue weighted by Crippen LogP contribution is 2.22. The van der Waals surface area contributed by atoms with Crippen molar-refractivity contribution in [3.8, 4) is 0 Å². The van der Waals surface area contributed by atoms with Crippen molar-refractivity contribution < 1.29 is 9.59 Å². The molecule has 0 saturated heterocycles. The lowest BCUT2D eigenvalue weighted by Gasteiger charge is -2.14. The summed E-state index contributed by atoms with van der Waals surface area (Å²) in [5.74, 6) is -1.33. The first-order valence-electron chi connectivity index (χ1n) is 7.79. The van der Waals surface area contributed by atoms with Crippen LogP contribution in [0.25, 0.3) is 10.8 Å². The smallest absolute Gasteiger partial charge is 0.313 e. The van der Waals surface area contributed by atoms with Gasteiger partial charge in [-0.05, 0) is 23.9 Å². The summed E-state index contributed by atoms with van der Waals surface area (Å²) in [5.41, 5.74) is 1.57. The number of carbonyl (C=O) groups excluding carboxylic acids is 2. The van der Waals surface area contributed by atoms with Gasteiger partial charge in [0.2, 0.25) is 0 Å². The van der Waals surface area contributed by atoms with Gasteiger partial charge in [0.05, 0.1) is 6.04 Å². The zero-order valence-corrected chi connectivity index (χ0v) is 13.3. The van der Waals surface area contributed by atoms with Gasteiger partial charge >= 0.3 is 11.8 Å². The highest BCUT2D eigenvalue weighted by Gasteiger charge is 2.17. The Morgan fingerprint density at radius 3 is 2.25 bits per heavy atom. The fourth-order valence-corrected chi connectivity index (χ4v) is 2.60. The Hall–Kier alpha value is -3.14. The Bertz CT molecular complexity index is 870. The van der Waals surface area contributed by atoms with Crippen LogP contribution in [-0.4, -0.2) is 11.8 Å². The summed E-state index contributed by atoms with van der Waals surface area (Å²) in [4.78, 5) is 24.3. The zero-order chi connectivity index (χ0) is 16.9. The maximum atomic E-state index is 12.2. The maximum absolute atomic E-state index is 12.2. The van der Waals surface area contributed by atoms with Gasteiger partial charge in [-0.2, -0.15) is 0 Å². The average molecular weight is 318 g/mol. The molecule has 4 heteroatoms. The van der Waals surface area contributed by atoms with Gasteiger partial charge in [0.25, 0.3) is 0 Å². The van der Waals surface area contributed by atoms with Crippen molar-refractivity contribution in [3.05, 3.63) is 78.4 Å². The number of carbonyl (C=O) groups is 2. The molecule has 0 unspecified atom stereocenters. The fourth-order valence-electron chi connectivity index (χ4n) is 2.60. The number of nitrogens with one attached hydrogen (secondary N) is 2. The number of amides is 2. The molecule has 0 spiro atoms. The van der Waals surface area contributed by atoms with E-state index in [0.29, 0.717) is 5.69 Å². The van der Waals surface area contributed by atoms with Crippen molar-refractivity contribution in [1.29, 1.82) is 0 Å². The van der Waals surface area contributed by atoms with E-state index in [-0.39, 0.29) is 6.04 Å². The molecule has 0 fully saturated rings. The molecule has 0 heterocycles. The first kappa shape index (κ1) is 15.7. The van der Waals surface area contributed by atoms with Crippen LogP contribution in [0.4, 0.5) is 5.69 Å². The van der Waals surface area contributed by atoms with Crippen molar-refractivity contribution in [2.24, 2.45) is 0 Å². The van der Waals surface area contributed by atoms with E-state index in [9.17, 15) is 9.59 Å². The summed E-state index contributed by atoms with van der Waals surface area (Å²) < 4.78 is 0. The summed E-state index contributed by atoms with van der Waals surface area (Å²) in [6, 6.07) is 22.6. The summed E-state index contributed by atoms with van der Waals surface area (Å²) in [6.45, 7) is 1.85. The van der Waals surface area contributed by atoms with Crippen molar-refractivity contribution in [2.45, 2.75) is 13.0 Å². The van der Waals surface area contributed by atoms with Gasteiger partial charge in [0, 0.05) is 11.1 Å². The van der Waals surface area contributed by atoms with Crippen molar-refractivity contribution >= 4 is 28.3 Å². The first-order chi connectivity index (χ1) is 11.6. The summed E-state index contributed by atoms with van der Waals surface area (Å²) in [5, 5.41) is 7.31. The number of hydrogen-bond acceptors (Lipinski definition) is 2. The van der Waals surface area contributed by atoms with E-state index in [2.05, 4.69) is 10.6 Å². The number of anilines is 1. The molecular weight excluding hydrogens is 300 g/mol. The van der Waals surface area contributed by atoms with Gasteiger partial charge in [0.1, 0.15) is 0 Å². The Kier molecular flexibility index (Phi) is 4.57.